The Morgan fingerprint density at radius 2 is 2.21 bits per heavy atom. The van der Waals surface area contributed by atoms with Gasteiger partial charge in [0.15, 0.2) is 0 Å². The van der Waals surface area contributed by atoms with Crippen molar-refractivity contribution in [1.82, 2.24) is 9.88 Å². The molecule has 0 aliphatic carbocycles. The lowest BCUT2D eigenvalue weighted by Crippen LogP contribution is -2.44. The second-order valence-corrected chi connectivity index (χ2v) is 6.26. The summed E-state index contributed by atoms with van der Waals surface area (Å²) in [5, 5.41) is 0. The Kier molecular flexibility index (Phi) is 3.28. The summed E-state index contributed by atoms with van der Waals surface area (Å²) in [4.78, 5) is 42.1. The van der Waals surface area contributed by atoms with Gasteiger partial charge in [0.1, 0.15) is 12.2 Å². The van der Waals surface area contributed by atoms with Crippen LogP contribution in [-0.2, 0) is 30.4 Å². The van der Waals surface area contributed by atoms with E-state index in [0.29, 0.717) is 5.69 Å². The fraction of sp³-hybridized carbons (Fsp3) is 0.412. The lowest BCUT2D eigenvalue weighted by molar-refractivity contribution is -0.155. The molecule has 2 bridgehead atoms. The van der Waals surface area contributed by atoms with Crippen molar-refractivity contribution in [3.63, 3.8) is 0 Å². The lowest BCUT2D eigenvalue weighted by Gasteiger charge is -2.28. The van der Waals surface area contributed by atoms with E-state index < -0.39 is 29.5 Å². The highest BCUT2D eigenvalue weighted by Gasteiger charge is 2.67. The van der Waals surface area contributed by atoms with E-state index in [-0.39, 0.29) is 25.0 Å². The van der Waals surface area contributed by atoms with Gasteiger partial charge >= 0.3 is 5.97 Å². The molecule has 1 aromatic rings. The zero-order chi connectivity index (χ0) is 16.9. The first-order valence-corrected chi connectivity index (χ1v) is 7.77. The summed E-state index contributed by atoms with van der Waals surface area (Å²) in [6.07, 6.45) is 4.70. The van der Waals surface area contributed by atoms with Crippen LogP contribution < -0.4 is 0 Å². The smallest absolute Gasteiger partial charge is 0.302 e. The van der Waals surface area contributed by atoms with Crippen molar-refractivity contribution in [3.8, 4) is 0 Å². The highest BCUT2D eigenvalue weighted by Crippen LogP contribution is 2.52. The van der Waals surface area contributed by atoms with Crippen LogP contribution in [0.4, 0.5) is 0 Å². The van der Waals surface area contributed by atoms with E-state index in [1.54, 1.807) is 30.5 Å². The van der Waals surface area contributed by atoms with Crippen molar-refractivity contribution in [1.29, 1.82) is 0 Å². The number of carbonyl (C=O) groups is 3. The van der Waals surface area contributed by atoms with Gasteiger partial charge in [0.25, 0.3) is 0 Å². The molecule has 3 aliphatic heterocycles. The first-order chi connectivity index (χ1) is 11.5. The molecule has 0 unspecified atom stereocenters. The maximum atomic E-state index is 12.9. The van der Waals surface area contributed by atoms with Crippen LogP contribution in [0.1, 0.15) is 12.6 Å². The second-order valence-electron chi connectivity index (χ2n) is 6.26. The van der Waals surface area contributed by atoms with Gasteiger partial charge < -0.3 is 9.47 Å². The van der Waals surface area contributed by atoms with Crippen LogP contribution in [0.3, 0.4) is 0 Å². The topological polar surface area (TPSA) is 85.8 Å². The summed E-state index contributed by atoms with van der Waals surface area (Å²) in [7, 11) is 0. The molecule has 3 aliphatic rings. The fourth-order valence-electron chi connectivity index (χ4n) is 3.75. The summed E-state index contributed by atoms with van der Waals surface area (Å²) in [5.41, 5.74) is -0.387. The van der Waals surface area contributed by atoms with Gasteiger partial charge in [-0.15, -0.1) is 0 Å². The first-order valence-electron chi connectivity index (χ1n) is 7.77. The first kappa shape index (κ1) is 15.0. The van der Waals surface area contributed by atoms with Gasteiger partial charge in [-0.2, -0.15) is 0 Å². The quantitative estimate of drug-likeness (QED) is 0.453. The van der Waals surface area contributed by atoms with Crippen LogP contribution in [0.5, 0.6) is 0 Å². The third kappa shape index (κ3) is 2.08. The number of hydrogen-bond acceptors (Lipinski definition) is 6. The summed E-state index contributed by atoms with van der Waals surface area (Å²) >= 11 is 0. The van der Waals surface area contributed by atoms with Crippen molar-refractivity contribution in [3.05, 3.63) is 42.2 Å². The van der Waals surface area contributed by atoms with Crippen molar-refractivity contribution in [2.75, 3.05) is 6.61 Å². The van der Waals surface area contributed by atoms with Crippen LogP contribution >= 0.6 is 0 Å². The predicted octanol–water partition coefficient (Wildman–Crippen LogP) is 0.453. The molecule has 4 atom stereocenters. The number of aromatic nitrogens is 1. The molecule has 24 heavy (non-hydrogen) atoms. The van der Waals surface area contributed by atoms with E-state index in [9.17, 15) is 14.4 Å². The zero-order valence-electron chi connectivity index (χ0n) is 13.0. The molecule has 2 saturated heterocycles. The van der Waals surface area contributed by atoms with E-state index in [1.807, 2.05) is 6.07 Å². The number of pyridine rings is 1. The number of imide groups is 1. The molecule has 7 heteroatoms. The lowest BCUT2D eigenvalue weighted by atomic mass is 9.77. The molecule has 1 aromatic heterocycles. The standard InChI is InChI=1S/C17H16N2O5/c1-10(20)23-9-17-6-5-12(24-17)13-14(17)16(22)19(15(13)21)8-11-4-2-3-7-18-11/h2-7,12-14H,8-9H2,1H3/t12-,13-,14+,17-/m1/s1. The van der Waals surface area contributed by atoms with Gasteiger partial charge in [0.2, 0.25) is 11.8 Å². The molecule has 0 radical (unpaired) electrons. The van der Waals surface area contributed by atoms with Crippen LogP contribution in [0.25, 0.3) is 0 Å². The molecule has 4 heterocycles. The number of rotatable bonds is 4. The van der Waals surface area contributed by atoms with Crippen molar-refractivity contribution in [2.24, 2.45) is 11.8 Å². The molecule has 0 N–H and O–H groups in total. The minimum Gasteiger partial charge on any atom is -0.462 e. The van der Waals surface area contributed by atoms with Gasteiger partial charge in [0.05, 0.1) is 30.2 Å². The van der Waals surface area contributed by atoms with Crippen molar-refractivity contribution < 1.29 is 23.9 Å². The van der Waals surface area contributed by atoms with E-state index in [1.165, 1.54) is 11.8 Å². The number of esters is 1. The monoisotopic (exact) mass is 328 g/mol. The third-order valence-corrected chi connectivity index (χ3v) is 4.79. The van der Waals surface area contributed by atoms with Gasteiger partial charge in [-0.3, -0.25) is 24.3 Å². The largest absolute Gasteiger partial charge is 0.462 e. The Bertz CT molecular complexity index is 747. The number of amides is 2. The van der Waals surface area contributed by atoms with Crippen LogP contribution in [-0.4, -0.2) is 46.0 Å². The summed E-state index contributed by atoms with van der Waals surface area (Å²) in [5.74, 6) is -2.20. The van der Waals surface area contributed by atoms with Gasteiger partial charge in [0, 0.05) is 13.1 Å². The Morgan fingerprint density at radius 3 is 2.92 bits per heavy atom. The van der Waals surface area contributed by atoms with Gasteiger partial charge in [-0.1, -0.05) is 12.1 Å². The van der Waals surface area contributed by atoms with Crippen LogP contribution in [0.2, 0.25) is 0 Å². The van der Waals surface area contributed by atoms with Crippen molar-refractivity contribution in [2.45, 2.75) is 25.2 Å². The molecular formula is C17H16N2O5. The average Bonchev–Trinajstić information content (AvgIpc) is 3.21. The van der Waals surface area contributed by atoms with Crippen LogP contribution in [0.15, 0.2) is 36.5 Å². The molecule has 0 spiro atoms. The van der Waals surface area contributed by atoms with Crippen LogP contribution in [0, 0.1) is 11.8 Å². The summed E-state index contributed by atoms with van der Waals surface area (Å²) < 4.78 is 10.9. The summed E-state index contributed by atoms with van der Waals surface area (Å²) in [6.45, 7) is 1.38. The number of ether oxygens (including phenoxy) is 2. The van der Waals surface area contributed by atoms with Gasteiger partial charge in [-0.05, 0) is 18.2 Å². The number of carbonyl (C=O) groups excluding carboxylic acids is 3. The minimum atomic E-state index is -1.04. The van der Waals surface area contributed by atoms with E-state index >= 15 is 0 Å². The Balaban J connectivity index is 1.61. The Labute approximate surface area is 138 Å². The number of fused-ring (bicyclic) bond motifs is 5. The van der Waals surface area contributed by atoms with E-state index in [2.05, 4.69) is 4.98 Å². The van der Waals surface area contributed by atoms with Crippen molar-refractivity contribution >= 4 is 17.8 Å². The predicted molar refractivity (Wildman–Crippen MR) is 80.2 cm³/mol. The molecule has 4 rings (SSSR count). The number of likely N-dealkylation sites (tertiary alicyclic amines) is 1. The number of hydrogen-bond donors (Lipinski definition) is 0. The molecule has 2 fully saturated rings. The average molecular weight is 328 g/mol. The molecular weight excluding hydrogens is 312 g/mol. The molecule has 0 aromatic carbocycles. The Hall–Kier alpha value is -2.54. The zero-order valence-corrected chi connectivity index (χ0v) is 13.0. The fourth-order valence-corrected chi connectivity index (χ4v) is 3.75. The summed E-state index contributed by atoms with van der Waals surface area (Å²) in [6, 6.07) is 5.36. The molecule has 0 saturated carbocycles. The maximum Gasteiger partial charge on any atom is 0.302 e. The normalized spacial score (nSPS) is 33.2. The Morgan fingerprint density at radius 1 is 1.38 bits per heavy atom. The minimum absolute atomic E-state index is 0.0626. The SMILES string of the molecule is CC(=O)OC[C@@]12C=C[C@@H](O1)[C@H]1C(=O)N(Cc3ccccn3)C(=O)[C@H]12. The highest BCUT2D eigenvalue weighted by molar-refractivity contribution is 6.07. The number of nitrogens with zero attached hydrogens (tertiary/aromatic N) is 2. The highest BCUT2D eigenvalue weighted by atomic mass is 16.6. The maximum absolute atomic E-state index is 12.9. The van der Waals surface area contributed by atoms with E-state index in [4.69, 9.17) is 9.47 Å². The van der Waals surface area contributed by atoms with E-state index in [0.717, 1.165) is 0 Å². The second kappa shape index (κ2) is 5.24. The molecule has 124 valence electrons. The molecule has 7 nitrogen and oxygen atoms in total. The molecule has 2 amide bonds. The van der Waals surface area contributed by atoms with Gasteiger partial charge in [-0.25, -0.2) is 0 Å². The third-order valence-electron chi connectivity index (χ3n) is 4.79.